The van der Waals surface area contributed by atoms with Crippen LogP contribution >= 0.6 is 0 Å². The van der Waals surface area contributed by atoms with Gasteiger partial charge in [-0.05, 0) is 44.9 Å². The molecule has 6 nitrogen and oxygen atoms in total. The van der Waals surface area contributed by atoms with E-state index in [2.05, 4.69) is 73.0 Å². The highest BCUT2D eigenvalue weighted by atomic mass is 16.5. The molecule has 0 aliphatic heterocycles. The van der Waals surface area contributed by atoms with Crippen molar-refractivity contribution in [3.05, 3.63) is 60.8 Å². The summed E-state index contributed by atoms with van der Waals surface area (Å²) < 4.78 is 10.2. The van der Waals surface area contributed by atoms with Crippen LogP contribution in [-0.2, 0) is 19.1 Å². The molecule has 0 aromatic carbocycles. The molecule has 32 heavy (non-hydrogen) atoms. The van der Waals surface area contributed by atoms with Gasteiger partial charge in [-0.15, -0.1) is 0 Å². The van der Waals surface area contributed by atoms with Crippen molar-refractivity contribution in [2.75, 3.05) is 33.0 Å². The minimum Gasteiger partial charge on any atom is -0.377 e. The van der Waals surface area contributed by atoms with Gasteiger partial charge in [-0.3, -0.25) is 9.59 Å². The largest absolute Gasteiger partial charge is 0.377 e. The number of amides is 2. The van der Waals surface area contributed by atoms with Crippen molar-refractivity contribution < 1.29 is 19.1 Å². The first kappa shape index (κ1) is 29.6. The summed E-state index contributed by atoms with van der Waals surface area (Å²) in [5.41, 5.74) is 4.94. The highest BCUT2D eigenvalue weighted by molar-refractivity contribution is 5.75. The molecule has 0 rings (SSSR count). The number of ether oxygens (including phenoxy) is 2. The Morgan fingerprint density at radius 2 is 1.28 bits per heavy atom. The van der Waals surface area contributed by atoms with Gasteiger partial charge in [0.25, 0.3) is 0 Å². The Morgan fingerprint density at radius 1 is 0.750 bits per heavy atom. The number of rotatable bonds is 21. The van der Waals surface area contributed by atoms with Crippen molar-refractivity contribution in [3.8, 4) is 0 Å². The molecule has 6 heteroatoms. The van der Waals surface area contributed by atoms with E-state index in [0.29, 0.717) is 32.8 Å². The molecule has 0 bridgehead atoms. The average Bonchev–Trinajstić information content (AvgIpc) is 2.77. The summed E-state index contributed by atoms with van der Waals surface area (Å²) in [7, 11) is 0. The van der Waals surface area contributed by atoms with Gasteiger partial charge in [-0.1, -0.05) is 67.7 Å². The van der Waals surface area contributed by atoms with Crippen LogP contribution in [0.25, 0.3) is 0 Å². The van der Waals surface area contributed by atoms with Crippen LogP contribution in [0.5, 0.6) is 0 Å². The fourth-order valence-electron chi connectivity index (χ4n) is 2.49. The second-order valence-electron chi connectivity index (χ2n) is 7.08. The Hall–Kier alpha value is -2.44. The number of primary amides is 1. The van der Waals surface area contributed by atoms with E-state index in [9.17, 15) is 9.59 Å². The van der Waals surface area contributed by atoms with Crippen LogP contribution in [0.15, 0.2) is 60.8 Å². The Balaban J connectivity index is 3.46. The van der Waals surface area contributed by atoms with E-state index in [1.165, 1.54) is 0 Å². The Morgan fingerprint density at radius 3 is 1.84 bits per heavy atom. The van der Waals surface area contributed by atoms with Crippen molar-refractivity contribution in [2.24, 2.45) is 5.73 Å². The lowest BCUT2D eigenvalue weighted by Crippen LogP contribution is -2.27. The van der Waals surface area contributed by atoms with E-state index < -0.39 is 5.91 Å². The van der Waals surface area contributed by atoms with Gasteiger partial charge in [-0.25, -0.2) is 0 Å². The lowest BCUT2D eigenvalue weighted by molar-refractivity contribution is -0.123. The molecule has 0 radical (unpaired) electrons. The molecule has 0 saturated heterocycles. The van der Waals surface area contributed by atoms with Gasteiger partial charge in [0.05, 0.1) is 19.8 Å². The average molecular weight is 447 g/mol. The van der Waals surface area contributed by atoms with E-state index in [1.54, 1.807) is 0 Å². The molecular weight excluding hydrogens is 404 g/mol. The van der Waals surface area contributed by atoms with Crippen molar-refractivity contribution in [3.63, 3.8) is 0 Å². The summed E-state index contributed by atoms with van der Waals surface area (Å²) in [6.45, 7) is 3.61. The second-order valence-corrected chi connectivity index (χ2v) is 7.08. The van der Waals surface area contributed by atoms with Gasteiger partial charge >= 0.3 is 0 Å². The van der Waals surface area contributed by atoms with Crippen LogP contribution in [-0.4, -0.2) is 44.8 Å². The minimum atomic E-state index is -0.498. The number of hydrogen-bond donors (Lipinski definition) is 2. The normalized spacial score (nSPS) is 12.3. The van der Waals surface area contributed by atoms with Crippen LogP contribution in [0.3, 0.4) is 0 Å². The maximum absolute atomic E-state index is 11.7. The summed E-state index contributed by atoms with van der Waals surface area (Å²) in [5.74, 6) is -0.465. The summed E-state index contributed by atoms with van der Waals surface area (Å²) in [6, 6.07) is 0. The molecule has 0 aliphatic carbocycles. The van der Waals surface area contributed by atoms with E-state index in [1.807, 2.05) is 0 Å². The number of carbonyl (C=O) groups excluding carboxylic acids is 2. The van der Waals surface area contributed by atoms with Gasteiger partial charge in [0.2, 0.25) is 11.8 Å². The van der Waals surface area contributed by atoms with E-state index >= 15 is 0 Å². The first-order valence-electron chi connectivity index (χ1n) is 11.6. The predicted molar refractivity (Wildman–Crippen MR) is 132 cm³/mol. The maximum atomic E-state index is 11.7. The molecule has 2 amide bonds. The molecule has 0 saturated carbocycles. The number of allylic oxidation sites excluding steroid dienone is 10. The van der Waals surface area contributed by atoms with Gasteiger partial charge in [-0.2, -0.15) is 0 Å². The molecule has 0 unspecified atom stereocenters. The van der Waals surface area contributed by atoms with Crippen LogP contribution < -0.4 is 11.1 Å². The van der Waals surface area contributed by atoms with Crippen molar-refractivity contribution in [2.45, 2.75) is 58.3 Å². The van der Waals surface area contributed by atoms with Gasteiger partial charge in [0, 0.05) is 13.0 Å². The third-order valence-electron chi connectivity index (χ3n) is 4.12. The summed E-state index contributed by atoms with van der Waals surface area (Å²) in [6.07, 6.45) is 29.0. The predicted octanol–water partition coefficient (Wildman–Crippen LogP) is 4.54. The Labute approximate surface area is 194 Å². The number of nitrogens with two attached hydrogens (primary N) is 1. The molecule has 180 valence electrons. The van der Waals surface area contributed by atoms with E-state index in [-0.39, 0.29) is 12.5 Å². The molecule has 0 heterocycles. The van der Waals surface area contributed by atoms with E-state index in [4.69, 9.17) is 15.2 Å². The van der Waals surface area contributed by atoms with Gasteiger partial charge in [0.15, 0.2) is 0 Å². The zero-order chi connectivity index (χ0) is 23.5. The van der Waals surface area contributed by atoms with Crippen LogP contribution in [0.2, 0.25) is 0 Å². The summed E-state index contributed by atoms with van der Waals surface area (Å²) in [4.78, 5) is 22.2. The van der Waals surface area contributed by atoms with Crippen LogP contribution in [0.4, 0.5) is 0 Å². The second kappa shape index (κ2) is 24.8. The first-order valence-corrected chi connectivity index (χ1v) is 11.6. The topological polar surface area (TPSA) is 90.7 Å². The first-order chi connectivity index (χ1) is 15.7. The third-order valence-corrected chi connectivity index (χ3v) is 4.12. The quantitative estimate of drug-likeness (QED) is 0.200. The lowest BCUT2D eigenvalue weighted by Gasteiger charge is -2.06. The van der Waals surface area contributed by atoms with Crippen molar-refractivity contribution in [1.29, 1.82) is 0 Å². The number of unbranched alkanes of at least 4 members (excludes halogenated alkanes) is 1. The molecule has 0 aliphatic rings. The van der Waals surface area contributed by atoms with E-state index in [0.717, 1.165) is 44.9 Å². The molecule has 0 fully saturated rings. The van der Waals surface area contributed by atoms with Crippen molar-refractivity contribution in [1.82, 2.24) is 5.32 Å². The molecule has 3 N–H and O–H groups in total. The maximum Gasteiger partial charge on any atom is 0.243 e. The number of carbonyl (C=O) groups is 2. The van der Waals surface area contributed by atoms with Crippen LogP contribution in [0, 0.1) is 0 Å². The molecular formula is C26H42N2O4. The van der Waals surface area contributed by atoms with Gasteiger partial charge in [0.1, 0.15) is 6.61 Å². The monoisotopic (exact) mass is 446 g/mol. The SMILES string of the molecule is CC/C=C\C/C=C\C/C=C\C/C=C\C/C=C\CCCC(=O)NCCOCCOCC(N)=O. The molecule has 0 aromatic heterocycles. The van der Waals surface area contributed by atoms with Crippen LogP contribution in [0.1, 0.15) is 58.3 Å². The number of nitrogens with one attached hydrogen (secondary N) is 1. The highest BCUT2D eigenvalue weighted by Gasteiger charge is 1.99. The lowest BCUT2D eigenvalue weighted by atomic mass is 10.2. The fourth-order valence-corrected chi connectivity index (χ4v) is 2.49. The molecule has 0 aromatic rings. The fraction of sp³-hybridized carbons (Fsp3) is 0.538. The van der Waals surface area contributed by atoms with Crippen molar-refractivity contribution >= 4 is 11.8 Å². The molecule has 0 spiro atoms. The third kappa shape index (κ3) is 25.6. The highest BCUT2D eigenvalue weighted by Crippen LogP contribution is 1.99. The summed E-state index contributed by atoms with van der Waals surface area (Å²) in [5, 5.41) is 2.82. The molecule has 0 atom stereocenters. The number of hydrogen-bond acceptors (Lipinski definition) is 4. The summed E-state index contributed by atoms with van der Waals surface area (Å²) >= 11 is 0. The zero-order valence-electron chi connectivity index (χ0n) is 19.7. The smallest absolute Gasteiger partial charge is 0.243 e. The standard InChI is InChI=1S/C26H42N2O4/c1-2-3-4-5-6-7-8-9-10-11-12-13-14-15-16-17-18-19-26(30)28-20-21-31-22-23-32-24-25(27)29/h3-4,6-7,9-10,12-13,15-16H,2,5,8,11,14,17-24H2,1H3,(H2,27,29)(H,28,30)/b4-3-,7-6-,10-9-,13-12-,16-15-. The minimum absolute atomic E-state index is 0.0333. The Kier molecular flexibility index (Phi) is 22.9. The Bertz CT molecular complexity index is 607. The van der Waals surface area contributed by atoms with Gasteiger partial charge < -0.3 is 20.5 Å². The zero-order valence-corrected chi connectivity index (χ0v) is 19.7.